The largest absolute Gasteiger partial charge is 0.445 e. The van der Waals surface area contributed by atoms with Crippen LogP contribution >= 0.6 is 0 Å². The fourth-order valence-electron chi connectivity index (χ4n) is 0.566. The molecule has 1 amide bonds. The van der Waals surface area contributed by atoms with E-state index in [0.29, 0.717) is 6.54 Å². The van der Waals surface area contributed by atoms with E-state index in [9.17, 15) is 4.79 Å². The molecule has 0 saturated carbocycles. The van der Waals surface area contributed by atoms with E-state index >= 15 is 0 Å². The second-order valence-electron chi connectivity index (χ2n) is 3.83. The standard InChI is InChI=1S/C8H18N2O2/c1-6(5-9)12-7(11)10-8(2,3)4/h6H,5,9H2,1-4H3,(H,10,11)/t6-/m0/s1. The molecular weight excluding hydrogens is 156 g/mol. The van der Waals surface area contributed by atoms with Gasteiger partial charge in [-0.05, 0) is 27.7 Å². The third-order valence-corrected chi connectivity index (χ3v) is 1.12. The maximum absolute atomic E-state index is 11.0. The van der Waals surface area contributed by atoms with Crippen LogP contribution in [0.5, 0.6) is 0 Å². The van der Waals surface area contributed by atoms with E-state index in [1.54, 1.807) is 6.92 Å². The summed E-state index contributed by atoms with van der Waals surface area (Å²) in [5.74, 6) is 0. The van der Waals surface area contributed by atoms with Gasteiger partial charge < -0.3 is 15.8 Å². The van der Waals surface area contributed by atoms with Gasteiger partial charge in [-0.15, -0.1) is 0 Å². The number of nitrogens with two attached hydrogens (primary N) is 1. The summed E-state index contributed by atoms with van der Waals surface area (Å²) in [5.41, 5.74) is 5.02. The maximum Gasteiger partial charge on any atom is 0.407 e. The molecule has 0 aliphatic rings. The lowest BCUT2D eigenvalue weighted by Gasteiger charge is -2.21. The van der Waals surface area contributed by atoms with Crippen LogP contribution in [0, 0.1) is 0 Å². The lowest BCUT2D eigenvalue weighted by atomic mass is 10.1. The Morgan fingerprint density at radius 2 is 2.08 bits per heavy atom. The van der Waals surface area contributed by atoms with E-state index in [1.165, 1.54) is 0 Å². The number of nitrogens with one attached hydrogen (secondary N) is 1. The monoisotopic (exact) mass is 174 g/mol. The second-order valence-corrected chi connectivity index (χ2v) is 3.83. The second kappa shape index (κ2) is 4.30. The molecule has 0 saturated heterocycles. The Labute approximate surface area is 73.5 Å². The van der Waals surface area contributed by atoms with Crippen molar-refractivity contribution in [3.8, 4) is 0 Å². The van der Waals surface area contributed by atoms with Gasteiger partial charge in [0.05, 0.1) is 0 Å². The van der Waals surface area contributed by atoms with Crippen LogP contribution in [0.1, 0.15) is 27.7 Å². The quantitative estimate of drug-likeness (QED) is 0.652. The first-order valence-electron chi connectivity index (χ1n) is 4.04. The number of hydrogen-bond acceptors (Lipinski definition) is 3. The van der Waals surface area contributed by atoms with Gasteiger partial charge in [0.15, 0.2) is 0 Å². The van der Waals surface area contributed by atoms with Gasteiger partial charge in [0.25, 0.3) is 0 Å². The van der Waals surface area contributed by atoms with Crippen molar-refractivity contribution in [2.75, 3.05) is 6.54 Å². The molecule has 0 bridgehead atoms. The number of hydrogen-bond donors (Lipinski definition) is 2. The summed E-state index contributed by atoms with van der Waals surface area (Å²) < 4.78 is 4.90. The lowest BCUT2D eigenvalue weighted by Crippen LogP contribution is -2.42. The van der Waals surface area contributed by atoms with Gasteiger partial charge in [-0.25, -0.2) is 4.79 Å². The zero-order valence-corrected chi connectivity index (χ0v) is 8.18. The molecule has 0 unspecified atom stereocenters. The zero-order chi connectivity index (χ0) is 9.78. The van der Waals surface area contributed by atoms with Crippen molar-refractivity contribution >= 4 is 6.09 Å². The number of carbonyl (C=O) groups excluding carboxylic acids is 1. The maximum atomic E-state index is 11.0. The predicted octanol–water partition coefficient (Wildman–Crippen LogP) is 0.858. The lowest BCUT2D eigenvalue weighted by molar-refractivity contribution is 0.104. The van der Waals surface area contributed by atoms with Crippen LogP contribution in [-0.2, 0) is 4.74 Å². The molecule has 12 heavy (non-hydrogen) atoms. The Morgan fingerprint density at radius 3 is 2.42 bits per heavy atom. The molecule has 4 heteroatoms. The van der Waals surface area contributed by atoms with Gasteiger partial charge >= 0.3 is 6.09 Å². The normalized spacial score (nSPS) is 13.8. The Balaban J connectivity index is 3.75. The van der Waals surface area contributed by atoms with Crippen LogP contribution in [0.25, 0.3) is 0 Å². The van der Waals surface area contributed by atoms with E-state index in [-0.39, 0.29) is 11.6 Å². The molecule has 3 N–H and O–H groups in total. The highest BCUT2D eigenvalue weighted by atomic mass is 16.6. The average Bonchev–Trinajstić information content (AvgIpc) is 1.82. The van der Waals surface area contributed by atoms with Gasteiger partial charge in [-0.2, -0.15) is 0 Å². The van der Waals surface area contributed by atoms with E-state index in [4.69, 9.17) is 10.5 Å². The van der Waals surface area contributed by atoms with Crippen LogP contribution in [0.15, 0.2) is 0 Å². The fourth-order valence-corrected chi connectivity index (χ4v) is 0.566. The van der Waals surface area contributed by atoms with E-state index in [2.05, 4.69) is 5.32 Å². The minimum absolute atomic E-state index is 0.229. The average molecular weight is 174 g/mol. The minimum atomic E-state index is -0.416. The Morgan fingerprint density at radius 1 is 1.58 bits per heavy atom. The predicted molar refractivity (Wildman–Crippen MR) is 47.9 cm³/mol. The Kier molecular flexibility index (Phi) is 4.03. The van der Waals surface area contributed by atoms with Crippen molar-refractivity contribution in [3.63, 3.8) is 0 Å². The summed E-state index contributed by atoms with van der Waals surface area (Å²) in [6.07, 6.45) is -0.646. The summed E-state index contributed by atoms with van der Waals surface area (Å²) >= 11 is 0. The summed E-state index contributed by atoms with van der Waals surface area (Å²) in [7, 11) is 0. The molecule has 0 heterocycles. The van der Waals surface area contributed by atoms with Gasteiger partial charge in [-0.3, -0.25) is 0 Å². The smallest absolute Gasteiger partial charge is 0.407 e. The summed E-state index contributed by atoms with van der Waals surface area (Å²) in [6, 6.07) is 0. The molecule has 72 valence electrons. The molecule has 0 aromatic rings. The van der Waals surface area contributed by atoms with Crippen molar-refractivity contribution < 1.29 is 9.53 Å². The van der Waals surface area contributed by atoms with E-state index in [1.807, 2.05) is 20.8 Å². The van der Waals surface area contributed by atoms with Gasteiger partial charge in [0, 0.05) is 12.1 Å². The highest BCUT2D eigenvalue weighted by Gasteiger charge is 2.15. The van der Waals surface area contributed by atoms with Crippen molar-refractivity contribution in [2.24, 2.45) is 5.73 Å². The van der Waals surface area contributed by atoms with Crippen molar-refractivity contribution in [1.29, 1.82) is 0 Å². The van der Waals surface area contributed by atoms with Crippen LogP contribution in [0.2, 0.25) is 0 Å². The summed E-state index contributed by atoms with van der Waals surface area (Å²) in [4.78, 5) is 11.0. The van der Waals surface area contributed by atoms with Crippen LogP contribution in [0.3, 0.4) is 0 Å². The number of rotatable bonds is 2. The third kappa shape index (κ3) is 5.97. The highest BCUT2D eigenvalue weighted by Crippen LogP contribution is 1.99. The number of alkyl carbamates (subject to hydrolysis) is 1. The molecule has 0 spiro atoms. The van der Waals surface area contributed by atoms with E-state index < -0.39 is 6.09 Å². The first-order chi connectivity index (χ1) is 5.35. The zero-order valence-electron chi connectivity index (χ0n) is 8.18. The number of carbonyl (C=O) groups is 1. The Hall–Kier alpha value is -0.770. The van der Waals surface area contributed by atoms with Crippen LogP contribution in [-0.4, -0.2) is 24.3 Å². The molecular formula is C8H18N2O2. The molecule has 0 aliphatic carbocycles. The third-order valence-electron chi connectivity index (χ3n) is 1.12. The molecule has 4 nitrogen and oxygen atoms in total. The summed E-state index contributed by atoms with van der Waals surface area (Å²) in [6.45, 7) is 7.77. The van der Waals surface area contributed by atoms with Crippen LogP contribution < -0.4 is 11.1 Å². The van der Waals surface area contributed by atoms with Crippen LogP contribution in [0.4, 0.5) is 4.79 Å². The molecule has 0 aromatic carbocycles. The van der Waals surface area contributed by atoms with Crippen molar-refractivity contribution in [1.82, 2.24) is 5.32 Å². The number of amides is 1. The molecule has 0 fully saturated rings. The van der Waals surface area contributed by atoms with Crippen molar-refractivity contribution in [2.45, 2.75) is 39.3 Å². The molecule has 0 aromatic heterocycles. The minimum Gasteiger partial charge on any atom is -0.445 e. The van der Waals surface area contributed by atoms with E-state index in [0.717, 1.165) is 0 Å². The SMILES string of the molecule is C[C@@H](CN)OC(=O)NC(C)(C)C. The van der Waals surface area contributed by atoms with Gasteiger partial charge in [0.1, 0.15) is 6.10 Å². The summed E-state index contributed by atoms with van der Waals surface area (Å²) in [5, 5.41) is 2.67. The van der Waals surface area contributed by atoms with Crippen molar-refractivity contribution in [3.05, 3.63) is 0 Å². The molecule has 0 aliphatic heterocycles. The van der Waals surface area contributed by atoms with Gasteiger partial charge in [0.2, 0.25) is 0 Å². The molecule has 0 rings (SSSR count). The fraction of sp³-hybridized carbons (Fsp3) is 0.875. The first-order valence-corrected chi connectivity index (χ1v) is 4.04. The Bertz CT molecular complexity index is 152. The molecule has 0 radical (unpaired) electrons. The highest BCUT2D eigenvalue weighted by molar-refractivity contribution is 5.68. The van der Waals surface area contributed by atoms with Gasteiger partial charge in [-0.1, -0.05) is 0 Å². The topological polar surface area (TPSA) is 64.3 Å². The first kappa shape index (κ1) is 11.2. The molecule has 1 atom stereocenters. The number of ether oxygens (including phenoxy) is 1.